The van der Waals surface area contributed by atoms with Gasteiger partial charge in [-0.1, -0.05) is 0 Å². The van der Waals surface area contributed by atoms with E-state index in [9.17, 15) is 0 Å². The summed E-state index contributed by atoms with van der Waals surface area (Å²) in [5.41, 5.74) is 9.57. The second-order valence-corrected chi connectivity index (χ2v) is 1.01. The molecule has 0 atom stereocenters. The molecule has 0 amide bonds. The molecule has 0 aliphatic heterocycles. The second-order valence-electron chi connectivity index (χ2n) is 1.01. The first-order valence-electron chi connectivity index (χ1n) is 1.47. The first kappa shape index (κ1) is 5.90. The Hall–Kier alpha value is -1.10. The van der Waals surface area contributed by atoms with Gasteiger partial charge in [-0.25, -0.2) is 13.1 Å². The summed E-state index contributed by atoms with van der Waals surface area (Å²) in [6, 6.07) is 0. The number of hydrogen-bond donors (Lipinski definition) is 2. The average Bonchev–Trinajstić information content (AvgIpc) is 1.68. The van der Waals surface area contributed by atoms with Crippen LogP contribution >= 0.6 is 0 Å². The van der Waals surface area contributed by atoms with Crippen LogP contribution in [0, 0.1) is 13.1 Å². The average molecular weight is 96.1 g/mol. The van der Waals surface area contributed by atoms with E-state index < -0.39 is 5.91 Å². The molecule has 0 aromatic carbocycles. The highest BCUT2D eigenvalue weighted by atomic mass is 15.3. The Morgan fingerprint density at radius 2 is 1.43 bits per heavy atom. The van der Waals surface area contributed by atoms with Crippen LogP contribution in [0.3, 0.4) is 0 Å². The predicted molar refractivity (Wildman–Crippen MR) is 24.3 cm³/mol. The number of nitrogens with two attached hydrogens (primary N) is 2. The summed E-state index contributed by atoms with van der Waals surface area (Å²) in [6.45, 7) is 12.3. The van der Waals surface area contributed by atoms with Crippen molar-refractivity contribution >= 4 is 0 Å². The highest BCUT2D eigenvalue weighted by Gasteiger charge is 2.29. The Kier molecular flexibility index (Phi) is 1.32. The highest BCUT2D eigenvalue weighted by Crippen LogP contribution is 1.89. The van der Waals surface area contributed by atoms with Gasteiger partial charge in [0.15, 0.2) is 0 Å². The van der Waals surface area contributed by atoms with Crippen LogP contribution < -0.4 is 11.5 Å². The lowest BCUT2D eigenvalue weighted by Crippen LogP contribution is -2.41. The van der Waals surface area contributed by atoms with Gasteiger partial charge in [-0.05, 0) is 0 Å². The number of nitrogens with zero attached hydrogens (tertiary/aromatic N) is 2. The summed E-state index contributed by atoms with van der Waals surface area (Å²) in [5.74, 6) is -1.83. The van der Waals surface area contributed by atoms with Gasteiger partial charge >= 0.3 is 5.91 Å². The standard InChI is InChI=1S/C3H4N4/c1-6-3(4,5)7-2/h4-5H2. The Morgan fingerprint density at radius 1 is 1.14 bits per heavy atom. The van der Waals surface area contributed by atoms with Gasteiger partial charge in [0.05, 0.1) is 0 Å². The fraction of sp³-hybridized carbons (Fsp3) is 0.333. The summed E-state index contributed by atoms with van der Waals surface area (Å²) >= 11 is 0. The van der Waals surface area contributed by atoms with E-state index in [4.69, 9.17) is 24.6 Å². The van der Waals surface area contributed by atoms with E-state index in [1.807, 2.05) is 0 Å². The zero-order valence-electron chi connectivity index (χ0n) is 3.55. The minimum Gasteiger partial charge on any atom is -0.221 e. The number of hydrogen-bond acceptors (Lipinski definition) is 2. The molecule has 0 aliphatic rings. The minimum atomic E-state index is -1.83. The molecule has 4 heteroatoms. The van der Waals surface area contributed by atoms with Crippen molar-refractivity contribution in [3.8, 4) is 0 Å². The van der Waals surface area contributed by atoms with Crippen LogP contribution in [0.25, 0.3) is 9.69 Å². The van der Waals surface area contributed by atoms with E-state index in [-0.39, 0.29) is 0 Å². The van der Waals surface area contributed by atoms with Gasteiger partial charge in [0, 0.05) is 0 Å². The van der Waals surface area contributed by atoms with Crippen molar-refractivity contribution in [3.63, 3.8) is 0 Å². The first-order chi connectivity index (χ1) is 3.12. The summed E-state index contributed by atoms with van der Waals surface area (Å²) in [6.07, 6.45) is 0. The highest BCUT2D eigenvalue weighted by molar-refractivity contribution is 4.94. The Labute approximate surface area is 41.4 Å². The van der Waals surface area contributed by atoms with E-state index in [0.29, 0.717) is 0 Å². The third kappa shape index (κ3) is 1.72. The van der Waals surface area contributed by atoms with E-state index in [1.54, 1.807) is 0 Å². The maximum atomic E-state index is 6.17. The van der Waals surface area contributed by atoms with Gasteiger partial charge in [-0.3, -0.25) is 0 Å². The molecule has 0 rings (SSSR count). The fourth-order valence-electron chi connectivity index (χ4n) is 0.0250. The molecule has 0 unspecified atom stereocenters. The van der Waals surface area contributed by atoms with Gasteiger partial charge < -0.3 is 0 Å². The molecule has 4 N–H and O–H groups in total. The molecule has 0 aromatic heterocycles. The van der Waals surface area contributed by atoms with E-state index in [2.05, 4.69) is 9.69 Å². The maximum Gasteiger partial charge on any atom is 0.620 e. The molecule has 0 aromatic rings. The summed E-state index contributed by atoms with van der Waals surface area (Å²) < 4.78 is 0. The van der Waals surface area contributed by atoms with Gasteiger partial charge in [0.1, 0.15) is 0 Å². The van der Waals surface area contributed by atoms with Crippen molar-refractivity contribution in [3.05, 3.63) is 22.8 Å². The van der Waals surface area contributed by atoms with Crippen LogP contribution in [0.1, 0.15) is 0 Å². The molecule has 7 heavy (non-hydrogen) atoms. The van der Waals surface area contributed by atoms with Gasteiger partial charge in [-0.2, -0.15) is 21.2 Å². The third-order valence-corrected chi connectivity index (χ3v) is 0.358. The molecule has 36 valence electrons. The topological polar surface area (TPSA) is 60.8 Å². The second kappa shape index (κ2) is 1.57. The van der Waals surface area contributed by atoms with Crippen molar-refractivity contribution in [1.82, 2.24) is 0 Å². The van der Waals surface area contributed by atoms with Crippen LogP contribution in [0.5, 0.6) is 0 Å². The molecule has 0 fully saturated rings. The van der Waals surface area contributed by atoms with Crippen molar-refractivity contribution in [2.45, 2.75) is 5.91 Å². The molecule has 4 nitrogen and oxygen atoms in total. The van der Waals surface area contributed by atoms with Crippen LogP contribution in [0.15, 0.2) is 0 Å². The van der Waals surface area contributed by atoms with E-state index in [1.165, 1.54) is 0 Å². The minimum absolute atomic E-state index is 1.83. The lowest BCUT2D eigenvalue weighted by molar-refractivity contribution is 0.682. The van der Waals surface area contributed by atoms with Gasteiger partial charge in [0.25, 0.3) is 0 Å². The molecule has 0 radical (unpaired) electrons. The molecule has 0 bridgehead atoms. The first-order valence-corrected chi connectivity index (χ1v) is 1.47. The predicted octanol–water partition coefficient (Wildman–Crippen LogP) is -0.646. The van der Waals surface area contributed by atoms with E-state index in [0.717, 1.165) is 0 Å². The fourth-order valence-corrected chi connectivity index (χ4v) is 0.0250. The molecule has 0 saturated carbocycles. The van der Waals surface area contributed by atoms with Gasteiger partial charge in [0.2, 0.25) is 0 Å². The van der Waals surface area contributed by atoms with Crippen molar-refractivity contribution in [2.24, 2.45) is 11.5 Å². The molecule has 0 saturated heterocycles. The lowest BCUT2D eigenvalue weighted by Gasteiger charge is -1.88. The van der Waals surface area contributed by atoms with Crippen molar-refractivity contribution in [2.75, 3.05) is 0 Å². The SMILES string of the molecule is [C-]#[N+]C(N)(N)[N+]#[C-]. The quantitative estimate of drug-likeness (QED) is 0.311. The molecule has 0 spiro atoms. The Morgan fingerprint density at radius 3 is 1.43 bits per heavy atom. The molecule has 0 aliphatic carbocycles. The Balaban J connectivity index is 4.00. The van der Waals surface area contributed by atoms with Crippen LogP contribution in [0.4, 0.5) is 0 Å². The zero-order chi connectivity index (χ0) is 5.91. The zero-order valence-corrected chi connectivity index (χ0v) is 3.55. The summed E-state index contributed by atoms with van der Waals surface area (Å²) in [5, 5.41) is 0. The largest absolute Gasteiger partial charge is 0.620 e. The van der Waals surface area contributed by atoms with Crippen LogP contribution in [-0.4, -0.2) is 5.91 Å². The molecule has 0 heterocycles. The molecular formula is C3H4N4. The smallest absolute Gasteiger partial charge is 0.221 e. The summed E-state index contributed by atoms with van der Waals surface area (Å²) in [4.78, 5) is 5.18. The lowest BCUT2D eigenvalue weighted by atomic mass is 10.7. The Bertz CT molecular complexity index is 118. The van der Waals surface area contributed by atoms with Crippen LogP contribution in [-0.2, 0) is 0 Å². The van der Waals surface area contributed by atoms with Crippen LogP contribution in [0.2, 0.25) is 0 Å². The monoisotopic (exact) mass is 96.0 g/mol. The maximum absolute atomic E-state index is 6.17. The third-order valence-electron chi connectivity index (χ3n) is 0.358. The normalized spacial score (nSPS) is 9.14. The number of rotatable bonds is 0. The van der Waals surface area contributed by atoms with Crippen molar-refractivity contribution < 1.29 is 0 Å². The summed E-state index contributed by atoms with van der Waals surface area (Å²) in [7, 11) is 0. The van der Waals surface area contributed by atoms with E-state index >= 15 is 0 Å². The molecular weight excluding hydrogens is 92.1 g/mol. The van der Waals surface area contributed by atoms with Crippen molar-refractivity contribution in [1.29, 1.82) is 0 Å². The van der Waals surface area contributed by atoms with Gasteiger partial charge in [-0.15, -0.1) is 0 Å².